The molecule has 1 aliphatic heterocycles. The molecular formula is C18H27N3O3. The first kappa shape index (κ1) is 18.1. The van der Waals surface area contributed by atoms with E-state index in [1.807, 2.05) is 43.0 Å². The lowest BCUT2D eigenvalue weighted by atomic mass is 10.2. The van der Waals surface area contributed by atoms with Gasteiger partial charge in [0.05, 0.1) is 6.61 Å². The van der Waals surface area contributed by atoms with E-state index in [-0.39, 0.29) is 11.9 Å². The summed E-state index contributed by atoms with van der Waals surface area (Å²) < 4.78 is 5.72. The summed E-state index contributed by atoms with van der Waals surface area (Å²) in [4.78, 5) is 27.6. The monoisotopic (exact) mass is 333 g/mol. The van der Waals surface area contributed by atoms with E-state index < -0.39 is 0 Å². The number of hydrogen-bond donors (Lipinski definition) is 1. The Bertz CT molecular complexity index is 554. The molecule has 0 unspecified atom stereocenters. The zero-order chi connectivity index (χ0) is 17.4. The fraction of sp³-hybridized carbons (Fsp3) is 0.556. The lowest BCUT2D eigenvalue weighted by Gasteiger charge is -2.34. The van der Waals surface area contributed by atoms with E-state index in [1.54, 1.807) is 4.90 Å². The minimum absolute atomic E-state index is 0.0452. The second kappa shape index (κ2) is 9.15. The average molecular weight is 333 g/mol. The zero-order valence-electron chi connectivity index (χ0n) is 14.6. The molecule has 0 aromatic heterocycles. The van der Waals surface area contributed by atoms with Crippen molar-refractivity contribution in [1.29, 1.82) is 0 Å². The predicted octanol–water partition coefficient (Wildman–Crippen LogP) is 2.03. The highest BCUT2D eigenvalue weighted by Crippen LogP contribution is 2.16. The number of para-hydroxylation sites is 1. The smallest absolute Gasteiger partial charge is 0.317 e. The van der Waals surface area contributed by atoms with Gasteiger partial charge in [0.15, 0.2) is 0 Å². The van der Waals surface area contributed by atoms with Gasteiger partial charge in [0.2, 0.25) is 5.91 Å². The Kier molecular flexibility index (Phi) is 6.90. The van der Waals surface area contributed by atoms with E-state index in [2.05, 4.69) is 5.32 Å². The highest BCUT2D eigenvalue weighted by Gasteiger charge is 2.23. The van der Waals surface area contributed by atoms with Gasteiger partial charge in [0.25, 0.3) is 0 Å². The number of hydrogen-bond acceptors (Lipinski definition) is 3. The second-order valence-corrected chi connectivity index (χ2v) is 5.92. The van der Waals surface area contributed by atoms with Gasteiger partial charge in [0, 0.05) is 39.1 Å². The second-order valence-electron chi connectivity index (χ2n) is 5.92. The largest absolute Gasteiger partial charge is 0.493 e. The summed E-state index contributed by atoms with van der Waals surface area (Å²) in [6.45, 7) is 7.47. The minimum atomic E-state index is -0.0452. The quantitative estimate of drug-likeness (QED) is 0.810. The van der Waals surface area contributed by atoms with Crippen molar-refractivity contribution in [3.63, 3.8) is 0 Å². The Morgan fingerprint density at radius 2 is 1.79 bits per heavy atom. The molecule has 1 saturated heterocycles. The lowest BCUT2D eigenvalue weighted by molar-refractivity contribution is -0.132. The fourth-order valence-electron chi connectivity index (χ4n) is 2.70. The molecule has 3 amide bonds. The van der Waals surface area contributed by atoms with Crippen molar-refractivity contribution in [2.24, 2.45) is 0 Å². The maximum atomic E-state index is 12.2. The SMILES string of the molecule is CCNC(=O)N1CCN(C(=O)CCCOc2ccccc2C)CC1. The molecule has 0 saturated carbocycles. The number of carbonyl (C=O) groups is 2. The number of aryl methyl sites for hydroxylation is 1. The van der Waals surface area contributed by atoms with Crippen molar-refractivity contribution in [3.8, 4) is 5.75 Å². The van der Waals surface area contributed by atoms with Crippen LogP contribution in [0.2, 0.25) is 0 Å². The molecule has 1 N–H and O–H groups in total. The molecule has 1 fully saturated rings. The third kappa shape index (κ3) is 5.15. The zero-order valence-corrected chi connectivity index (χ0v) is 14.6. The van der Waals surface area contributed by atoms with Gasteiger partial charge in [-0.15, -0.1) is 0 Å². The van der Waals surface area contributed by atoms with E-state index in [0.717, 1.165) is 11.3 Å². The van der Waals surface area contributed by atoms with E-state index in [0.29, 0.717) is 52.2 Å². The highest BCUT2D eigenvalue weighted by molar-refractivity contribution is 5.77. The summed E-state index contributed by atoms with van der Waals surface area (Å²) in [5.74, 6) is 1.01. The molecule has 1 aromatic carbocycles. The van der Waals surface area contributed by atoms with Crippen LogP contribution in [-0.2, 0) is 4.79 Å². The first-order chi connectivity index (χ1) is 11.6. The highest BCUT2D eigenvalue weighted by atomic mass is 16.5. The summed E-state index contributed by atoms with van der Waals surface area (Å²) in [7, 11) is 0. The molecule has 0 spiro atoms. The van der Waals surface area contributed by atoms with Crippen LogP contribution in [0.15, 0.2) is 24.3 Å². The maximum absolute atomic E-state index is 12.2. The number of piperazine rings is 1. The van der Waals surface area contributed by atoms with E-state index in [9.17, 15) is 9.59 Å². The number of amides is 3. The third-order valence-electron chi connectivity index (χ3n) is 4.13. The van der Waals surface area contributed by atoms with Gasteiger partial charge in [0.1, 0.15) is 5.75 Å². The standard InChI is InChI=1S/C18H27N3O3/c1-3-19-18(23)21-12-10-20(11-13-21)17(22)9-6-14-24-16-8-5-4-7-15(16)2/h4-5,7-8H,3,6,9-14H2,1-2H3,(H,19,23). The number of nitrogens with one attached hydrogen (secondary N) is 1. The number of carbonyl (C=O) groups excluding carboxylic acids is 2. The first-order valence-corrected chi connectivity index (χ1v) is 8.60. The Morgan fingerprint density at radius 1 is 1.12 bits per heavy atom. The Balaban J connectivity index is 1.65. The van der Waals surface area contributed by atoms with Crippen molar-refractivity contribution in [2.75, 3.05) is 39.3 Å². The summed E-state index contributed by atoms with van der Waals surface area (Å²) in [6.07, 6.45) is 1.18. The van der Waals surface area contributed by atoms with Crippen LogP contribution in [0.5, 0.6) is 5.75 Å². The molecule has 132 valence electrons. The van der Waals surface area contributed by atoms with Crippen molar-refractivity contribution in [1.82, 2.24) is 15.1 Å². The Labute approximate surface area is 143 Å². The predicted molar refractivity (Wildman–Crippen MR) is 93.1 cm³/mol. The van der Waals surface area contributed by atoms with Gasteiger partial charge in [-0.25, -0.2) is 4.79 Å². The number of ether oxygens (including phenoxy) is 1. The molecule has 1 aromatic rings. The molecule has 0 atom stereocenters. The molecule has 24 heavy (non-hydrogen) atoms. The van der Waals surface area contributed by atoms with Gasteiger partial charge in [-0.2, -0.15) is 0 Å². The van der Waals surface area contributed by atoms with Crippen LogP contribution in [0.25, 0.3) is 0 Å². The van der Waals surface area contributed by atoms with Crippen molar-refractivity contribution >= 4 is 11.9 Å². The number of nitrogens with zero attached hydrogens (tertiary/aromatic N) is 2. The molecule has 1 heterocycles. The van der Waals surface area contributed by atoms with Crippen LogP contribution < -0.4 is 10.1 Å². The normalized spacial score (nSPS) is 14.4. The van der Waals surface area contributed by atoms with Crippen LogP contribution >= 0.6 is 0 Å². The molecule has 0 radical (unpaired) electrons. The maximum Gasteiger partial charge on any atom is 0.317 e. The summed E-state index contributed by atoms with van der Waals surface area (Å²) in [5, 5.41) is 2.79. The van der Waals surface area contributed by atoms with Crippen LogP contribution in [-0.4, -0.2) is 61.1 Å². The number of urea groups is 1. The Hall–Kier alpha value is -2.24. The van der Waals surface area contributed by atoms with Crippen molar-refractivity contribution in [3.05, 3.63) is 29.8 Å². The molecule has 0 bridgehead atoms. The van der Waals surface area contributed by atoms with Crippen molar-refractivity contribution < 1.29 is 14.3 Å². The van der Waals surface area contributed by atoms with Crippen molar-refractivity contribution in [2.45, 2.75) is 26.7 Å². The van der Waals surface area contributed by atoms with Crippen LogP contribution in [0.4, 0.5) is 4.79 Å². The minimum Gasteiger partial charge on any atom is -0.493 e. The molecule has 0 aliphatic carbocycles. The first-order valence-electron chi connectivity index (χ1n) is 8.60. The van der Waals surface area contributed by atoms with Gasteiger partial charge >= 0.3 is 6.03 Å². The van der Waals surface area contributed by atoms with Crippen LogP contribution in [0.1, 0.15) is 25.3 Å². The van der Waals surface area contributed by atoms with Crippen LogP contribution in [0, 0.1) is 6.92 Å². The molecular weight excluding hydrogens is 306 g/mol. The van der Waals surface area contributed by atoms with E-state index in [1.165, 1.54) is 0 Å². The third-order valence-corrected chi connectivity index (χ3v) is 4.13. The summed E-state index contributed by atoms with van der Waals surface area (Å²) in [6, 6.07) is 7.83. The van der Waals surface area contributed by atoms with Crippen LogP contribution in [0.3, 0.4) is 0 Å². The summed E-state index contributed by atoms with van der Waals surface area (Å²) >= 11 is 0. The Morgan fingerprint density at radius 3 is 2.46 bits per heavy atom. The van der Waals surface area contributed by atoms with Gasteiger partial charge < -0.3 is 19.9 Å². The molecule has 1 aliphatic rings. The van der Waals surface area contributed by atoms with E-state index >= 15 is 0 Å². The van der Waals surface area contributed by atoms with Gasteiger partial charge in [-0.05, 0) is 31.9 Å². The topological polar surface area (TPSA) is 61.9 Å². The number of benzene rings is 1. The lowest BCUT2D eigenvalue weighted by Crippen LogP contribution is -2.53. The van der Waals surface area contributed by atoms with Gasteiger partial charge in [-0.3, -0.25) is 4.79 Å². The van der Waals surface area contributed by atoms with Gasteiger partial charge in [-0.1, -0.05) is 18.2 Å². The summed E-state index contributed by atoms with van der Waals surface area (Å²) in [5.41, 5.74) is 1.10. The fourth-order valence-corrected chi connectivity index (χ4v) is 2.70. The molecule has 6 heteroatoms. The molecule has 2 rings (SSSR count). The number of rotatable bonds is 6. The van der Waals surface area contributed by atoms with E-state index in [4.69, 9.17) is 4.74 Å². The average Bonchev–Trinajstić information content (AvgIpc) is 2.60. The molecule has 6 nitrogen and oxygen atoms in total.